The van der Waals surface area contributed by atoms with E-state index < -0.39 is 5.97 Å². The summed E-state index contributed by atoms with van der Waals surface area (Å²) in [6, 6.07) is 2.11. The van der Waals surface area contributed by atoms with Crippen LogP contribution in [-0.4, -0.2) is 33.4 Å². The molecule has 1 aliphatic rings. The number of carboxylic acid groups (broad SMARTS) is 1. The summed E-state index contributed by atoms with van der Waals surface area (Å²) >= 11 is 3.19. The first-order valence-corrected chi connectivity index (χ1v) is 13.7. The summed E-state index contributed by atoms with van der Waals surface area (Å²) in [6.07, 6.45) is 10.7. The Morgan fingerprint density at radius 2 is 1.85 bits per heavy atom. The van der Waals surface area contributed by atoms with Crippen LogP contribution < -0.4 is 5.32 Å². The largest absolute Gasteiger partial charge is 0.480 e. The monoisotopic (exact) mass is 487 g/mol. The summed E-state index contributed by atoms with van der Waals surface area (Å²) in [7, 11) is 0. The Balaban J connectivity index is 1.31. The molecule has 8 heteroatoms. The molecule has 0 amide bonds. The lowest BCUT2D eigenvalue weighted by Crippen LogP contribution is -2.15. The first-order valence-electron chi connectivity index (χ1n) is 12.1. The van der Waals surface area contributed by atoms with Crippen LogP contribution in [0.5, 0.6) is 0 Å². The van der Waals surface area contributed by atoms with E-state index in [-0.39, 0.29) is 6.54 Å². The normalized spacial score (nSPS) is 19.1. The van der Waals surface area contributed by atoms with E-state index in [0.717, 1.165) is 56.7 Å². The SMILES string of the molecule is Cc1c2nc(CCCCC(=O)CC3CCCCCC3C)sc2cc2sc(NCC(=O)O)nc12. The summed E-state index contributed by atoms with van der Waals surface area (Å²) < 4.78 is 2.18. The molecule has 2 N–H and O–H groups in total. The standard InChI is InChI=1S/C25H33N3O3S2/c1-15-8-4-3-5-9-17(15)12-18(29)10-6-7-11-21-27-23-16(2)24-20(13-19(23)32-21)33-25(28-24)26-14-22(30)31/h13,15,17H,3-12,14H2,1-2H3,(H,26,28)(H,30,31). The van der Waals surface area contributed by atoms with Gasteiger partial charge in [-0.1, -0.05) is 43.9 Å². The number of ketones is 1. The van der Waals surface area contributed by atoms with Gasteiger partial charge < -0.3 is 10.4 Å². The number of aliphatic carboxylic acids is 1. The van der Waals surface area contributed by atoms with E-state index in [4.69, 9.17) is 10.1 Å². The first-order chi connectivity index (χ1) is 15.9. The molecule has 2 heterocycles. The second kappa shape index (κ2) is 10.9. The van der Waals surface area contributed by atoms with Gasteiger partial charge >= 0.3 is 5.97 Å². The number of hydrogen-bond acceptors (Lipinski definition) is 7. The summed E-state index contributed by atoms with van der Waals surface area (Å²) in [6.45, 7) is 4.21. The van der Waals surface area contributed by atoms with Gasteiger partial charge in [-0.05, 0) is 50.5 Å². The zero-order chi connectivity index (χ0) is 23.4. The van der Waals surface area contributed by atoms with Gasteiger partial charge in [-0.3, -0.25) is 9.59 Å². The van der Waals surface area contributed by atoms with E-state index in [2.05, 4.69) is 23.3 Å². The molecule has 2 atom stereocenters. The highest BCUT2D eigenvalue weighted by molar-refractivity contribution is 7.23. The zero-order valence-corrected chi connectivity index (χ0v) is 21.1. The van der Waals surface area contributed by atoms with Gasteiger partial charge in [-0.15, -0.1) is 11.3 Å². The van der Waals surface area contributed by atoms with Crippen LogP contribution in [0.1, 0.15) is 75.3 Å². The van der Waals surface area contributed by atoms with Crippen LogP contribution in [0, 0.1) is 18.8 Å². The average Bonchev–Trinajstić information content (AvgIpc) is 3.32. The molecule has 0 bridgehead atoms. The number of aromatic nitrogens is 2. The maximum atomic E-state index is 12.5. The van der Waals surface area contributed by atoms with Gasteiger partial charge in [-0.25, -0.2) is 9.97 Å². The van der Waals surface area contributed by atoms with Crippen LogP contribution in [0.25, 0.3) is 20.4 Å². The summed E-state index contributed by atoms with van der Waals surface area (Å²) in [5.74, 6) is 0.816. The number of nitrogens with zero attached hydrogens (tertiary/aromatic N) is 2. The fourth-order valence-electron chi connectivity index (χ4n) is 4.87. The smallest absolute Gasteiger partial charge is 0.322 e. The Kier molecular flexibility index (Phi) is 7.96. The molecule has 6 nitrogen and oxygen atoms in total. The molecule has 3 aromatic rings. The number of carbonyl (C=O) groups is 2. The van der Waals surface area contributed by atoms with Gasteiger partial charge in [0.2, 0.25) is 0 Å². The number of aryl methyl sites for hydroxylation is 2. The first kappa shape index (κ1) is 24.1. The molecule has 0 radical (unpaired) electrons. The van der Waals surface area contributed by atoms with E-state index in [1.165, 1.54) is 43.4 Å². The van der Waals surface area contributed by atoms with E-state index in [9.17, 15) is 9.59 Å². The zero-order valence-electron chi connectivity index (χ0n) is 19.5. The van der Waals surface area contributed by atoms with Crippen molar-refractivity contribution in [3.05, 3.63) is 16.6 Å². The molecule has 0 spiro atoms. The topological polar surface area (TPSA) is 92.2 Å². The molecule has 2 aromatic heterocycles. The number of Topliss-reactive ketones (excluding diaryl/α,β-unsaturated/α-hetero) is 1. The molecular formula is C25H33N3O3S2. The fraction of sp³-hybridized carbons (Fsp3) is 0.600. The van der Waals surface area contributed by atoms with Crippen LogP contribution in [0.3, 0.4) is 0 Å². The highest BCUT2D eigenvalue weighted by atomic mass is 32.1. The van der Waals surface area contributed by atoms with Crippen molar-refractivity contribution in [1.82, 2.24) is 9.97 Å². The predicted octanol–water partition coefficient (Wildman–Crippen LogP) is 6.60. The van der Waals surface area contributed by atoms with Gasteiger partial charge in [0.25, 0.3) is 0 Å². The molecule has 178 valence electrons. The highest BCUT2D eigenvalue weighted by Crippen LogP contribution is 2.36. The fourth-order valence-corrected chi connectivity index (χ4v) is 7.02. The number of thiazole rings is 2. The molecular weight excluding hydrogens is 454 g/mol. The third kappa shape index (κ3) is 6.09. The predicted molar refractivity (Wildman–Crippen MR) is 137 cm³/mol. The third-order valence-electron chi connectivity index (χ3n) is 6.84. The molecule has 1 aromatic carbocycles. The summed E-state index contributed by atoms with van der Waals surface area (Å²) in [5.41, 5.74) is 2.91. The summed E-state index contributed by atoms with van der Waals surface area (Å²) in [4.78, 5) is 32.7. The number of hydrogen-bond donors (Lipinski definition) is 2. The van der Waals surface area contributed by atoms with Crippen molar-refractivity contribution in [2.24, 2.45) is 11.8 Å². The summed E-state index contributed by atoms with van der Waals surface area (Å²) in [5, 5.41) is 13.4. The number of carboxylic acids is 1. The lowest BCUT2D eigenvalue weighted by Gasteiger charge is -2.20. The van der Waals surface area contributed by atoms with Gasteiger partial charge in [0, 0.05) is 18.4 Å². The highest BCUT2D eigenvalue weighted by Gasteiger charge is 2.22. The molecule has 1 aliphatic carbocycles. The lowest BCUT2D eigenvalue weighted by molar-refractivity contribution is -0.135. The molecule has 1 fully saturated rings. The van der Waals surface area contributed by atoms with Gasteiger partial charge in [0.1, 0.15) is 12.3 Å². The minimum atomic E-state index is -0.904. The van der Waals surface area contributed by atoms with Gasteiger partial charge in [0.15, 0.2) is 5.13 Å². The van der Waals surface area contributed by atoms with E-state index in [1.54, 1.807) is 11.3 Å². The Morgan fingerprint density at radius 1 is 1.09 bits per heavy atom. The number of anilines is 1. The third-order valence-corrected chi connectivity index (χ3v) is 8.86. The minimum absolute atomic E-state index is 0.141. The Bertz CT molecular complexity index is 1140. The van der Waals surface area contributed by atoms with E-state index >= 15 is 0 Å². The van der Waals surface area contributed by atoms with Crippen molar-refractivity contribution < 1.29 is 14.7 Å². The van der Waals surface area contributed by atoms with Crippen molar-refractivity contribution in [2.45, 2.75) is 78.1 Å². The van der Waals surface area contributed by atoms with Crippen molar-refractivity contribution in [1.29, 1.82) is 0 Å². The number of rotatable bonds is 10. The minimum Gasteiger partial charge on any atom is -0.480 e. The van der Waals surface area contributed by atoms with Crippen molar-refractivity contribution >= 4 is 60.0 Å². The number of carbonyl (C=O) groups excluding carboxylic acids is 1. The van der Waals surface area contributed by atoms with Crippen molar-refractivity contribution in [3.63, 3.8) is 0 Å². The molecule has 0 saturated heterocycles. The van der Waals surface area contributed by atoms with E-state index in [0.29, 0.717) is 29.2 Å². The number of nitrogens with one attached hydrogen (secondary N) is 1. The quantitative estimate of drug-likeness (QED) is 0.247. The molecule has 1 saturated carbocycles. The Hall–Kier alpha value is -2.06. The number of unbranched alkanes of at least 4 members (excludes halogenated alkanes) is 1. The van der Waals surface area contributed by atoms with Crippen molar-refractivity contribution in [3.8, 4) is 0 Å². The average molecular weight is 488 g/mol. The maximum absolute atomic E-state index is 12.5. The van der Waals surface area contributed by atoms with Crippen LogP contribution in [0.15, 0.2) is 6.07 Å². The van der Waals surface area contributed by atoms with E-state index in [1.807, 2.05) is 6.92 Å². The molecule has 2 unspecified atom stereocenters. The Morgan fingerprint density at radius 3 is 2.67 bits per heavy atom. The van der Waals surface area contributed by atoms with Gasteiger partial charge in [0.05, 0.1) is 25.4 Å². The second-order valence-electron chi connectivity index (χ2n) is 9.39. The molecule has 0 aliphatic heterocycles. The number of benzene rings is 1. The van der Waals surface area contributed by atoms with Crippen molar-refractivity contribution in [2.75, 3.05) is 11.9 Å². The molecule has 33 heavy (non-hydrogen) atoms. The Labute approximate surface area is 202 Å². The van der Waals surface area contributed by atoms with Crippen LogP contribution in [-0.2, 0) is 16.0 Å². The second-order valence-corrected chi connectivity index (χ2v) is 11.5. The van der Waals surface area contributed by atoms with Crippen LogP contribution in [0.2, 0.25) is 0 Å². The van der Waals surface area contributed by atoms with Crippen LogP contribution >= 0.6 is 22.7 Å². The lowest BCUT2D eigenvalue weighted by atomic mass is 9.85. The number of fused-ring (bicyclic) bond motifs is 2. The maximum Gasteiger partial charge on any atom is 0.322 e. The van der Waals surface area contributed by atoms with Crippen LogP contribution in [0.4, 0.5) is 5.13 Å². The molecule has 4 rings (SSSR count). The van der Waals surface area contributed by atoms with Gasteiger partial charge in [-0.2, -0.15) is 0 Å².